The summed E-state index contributed by atoms with van der Waals surface area (Å²) in [4.78, 5) is 20.4. The lowest BCUT2D eigenvalue weighted by Gasteiger charge is -2.27. The van der Waals surface area contributed by atoms with Crippen LogP contribution in [0.5, 0.6) is 0 Å². The molecule has 8 heteroatoms. The Kier molecular flexibility index (Phi) is 6.48. The van der Waals surface area contributed by atoms with Crippen molar-refractivity contribution in [2.24, 2.45) is 11.1 Å². The number of alkyl halides is 3. The van der Waals surface area contributed by atoms with Crippen LogP contribution in [0, 0.1) is 11.7 Å². The van der Waals surface area contributed by atoms with E-state index in [4.69, 9.17) is 4.84 Å². The molecule has 4 nitrogen and oxygen atoms in total. The number of carbonyl (C=O) groups is 1. The minimum atomic E-state index is -4.40. The highest BCUT2D eigenvalue weighted by Gasteiger charge is 2.33. The van der Waals surface area contributed by atoms with Crippen molar-refractivity contribution in [1.29, 1.82) is 0 Å². The van der Waals surface area contributed by atoms with Gasteiger partial charge in [0, 0.05) is 18.9 Å². The summed E-state index contributed by atoms with van der Waals surface area (Å²) in [5, 5.41) is 4.10. The second-order valence-corrected chi connectivity index (χ2v) is 8.37. The molecular formula is C24H24F4N2O2. The molecular weight excluding hydrogens is 424 g/mol. The molecule has 0 N–H and O–H groups in total. The molecule has 1 fully saturated rings. The second-order valence-electron chi connectivity index (χ2n) is 8.37. The van der Waals surface area contributed by atoms with Crippen molar-refractivity contribution in [1.82, 2.24) is 4.90 Å². The van der Waals surface area contributed by atoms with Gasteiger partial charge in [0.15, 0.2) is 6.10 Å². The number of benzene rings is 2. The molecule has 1 aliphatic heterocycles. The van der Waals surface area contributed by atoms with Gasteiger partial charge in [-0.1, -0.05) is 42.3 Å². The molecule has 2 aliphatic rings. The Hall–Kier alpha value is -2.90. The minimum Gasteiger partial charge on any atom is -0.390 e. The Morgan fingerprint density at radius 1 is 1.03 bits per heavy atom. The Morgan fingerprint density at radius 3 is 2.31 bits per heavy atom. The SMILES string of the molecule is O=C(C1CCCC1)N(Cc1ccc(C(F)(F)F)cc1)C[C@@H]1CC(c2ccc(F)cc2)=NO1. The number of rotatable bonds is 6. The van der Waals surface area contributed by atoms with Crippen LogP contribution >= 0.6 is 0 Å². The van der Waals surface area contributed by atoms with Crippen LogP contribution in [0.4, 0.5) is 17.6 Å². The van der Waals surface area contributed by atoms with Crippen LogP contribution in [-0.2, 0) is 22.4 Å². The van der Waals surface area contributed by atoms with Gasteiger partial charge < -0.3 is 9.74 Å². The van der Waals surface area contributed by atoms with E-state index >= 15 is 0 Å². The van der Waals surface area contributed by atoms with Crippen LogP contribution in [0.1, 0.15) is 48.8 Å². The van der Waals surface area contributed by atoms with Crippen molar-refractivity contribution >= 4 is 11.6 Å². The Labute approximate surface area is 183 Å². The highest BCUT2D eigenvalue weighted by Crippen LogP contribution is 2.31. The maximum Gasteiger partial charge on any atom is 0.416 e. The lowest BCUT2D eigenvalue weighted by atomic mass is 10.0. The first-order valence-electron chi connectivity index (χ1n) is 10.7. The predicted molar refractivity (Wildman–Crippen MR) is 111 cm³/mol. The molecule has 1 heterocycles. The van der Waals surface area contributed by atoms with Crippen LogP contribution in [0.15, 0.2) is 53.7 Å². The van der Waals surface area contributed by atoms with E-state index in [0.717, 1.165) is 43.4 Å². The largest absolute Gasteiger partial charge is 0.416 e. The third-order valence-electron chi connectivity index (χ3n) is 6.01. The van der Waals surface area contributed by atoms with E-state index in [2.05, 4.69) is 5.16 Å². The number of nitrogens with zero attached hydrogens (tertiary/aromatic N) is 2. The fourth-order valence-corrected chi connectivity index (χ4v) is 4.27. The van der Waals surface area contributed by atoms with Gasteiger partial charge in [0.2, 0.25) is 5.91 Å². The molecule has 4 rings (SSSR count). The van der Waals surface area contributed by atoms with Gasteiger partial charge in [0.25, 0.3) is 0 Å². The number of hydrogen-bond donors (Lipinski definition) is 0. The van der Waals surface area contributed by atoms with Crippen molar-refractivity contribution in [2.45, 2.75) is 50.9 Å². The van der Waals surface area contributed by atoms with E-state index in [9.17, 15) is 22.4 Å². The van der Waals surface area contributed by atoms with E-state index in [1.54, 1.807) is 17.0 Å². The molecule has 1 aliphatic carbocycles. The third kappa shape index (κ3) is 5.29. The molecule has 2 aromatic carbocycles. The smallest absolute Gasteiger partial charge is 0.390 e. The molecule has 32 heavy (non-hydrogen) atoms. The summed E-state index contributed by atoms with van der Waals surface area (Å²) in [7, 11) is 0. The zero-order chi connectivity index (χ0) is 22.7. The Morgan fingerprint density at radius 2 is 1.69 bits per heavy atom. The molecule has 1 saturated carbocycles. The first kappa shape index (κ1) is 22.3. The first-order chi connectivity index (χ1) is 15.3. The predicted octanol–water partition coefficient (Wildman–Crippen LogP) is 5.56. The standard InChI is InChI=1S/C24H24F4N2O2/c25-20-11-7-17(8-12-20)22-13-21(32-29-22)15-30(23(31)18-3-1-2-4-18)14-16-5-9-19(10-6-16)24(26,27)28/h5-12,18,21H,1-4,13-15H2/t21-/m0/s1. The maximum atomic E-state index is 13.2. The van der Waals surface area contributed by atoms with Gasteiger partial charge in [0.1, 0.15) is 5.82 Å². The summed E-state index contributed by atoms with van der Waals surface area (Å²) in [5.41, 5.74) is 1.34. The number of amides is 1. The molecule has 0 unspecified atom stereocenters. The van der Waals surface area contributed by atoms with E-state index in [-0.39, 0.29) is 36.8 Å². The lowest BCUT2D eigenvalue weighted by molar-refractivity contribution is -0.138. The average Bonchev–Trinajstić information content (AvgIpc) is 3.46. The van der Waals surface area contributed by atoms with Crippen molar-refractivity contribution < 1.29 is 27.2 Å². The molecule has 1 atom stereocenters. The first-order valence-corrected chi connectivity index (χ1v) is 10.7. The van der Waals surface area contributed by atoms with Gasteiger partial charge in [-0.3, -0.25) is 4.79 Å². The van der Waals surface area contributed by atoms with Crippen LogP contribution < -0.4 is 0 Å². The van der Waals surface area contributed by atoms with Gasteiger partial charge >= 0.3 is 6.18 Å². The normalized spacial score (nSPS) is 19.0. The monoisotopic (exact) mass is 448 g/mol. The van der Waals surface area contributed by atoms with E-state index < -0.39 is 11.7 Å². The summed E-state index contributed by atoms with van der Waals surface area (Å²) >= 11 is 0. The Balaban J connectivity index is 1.45. The van der Waals surface area contributed by atoms with E-state index in [1.165, 1.54) is 24.3 Å². The summed E-state index contributed by atoms with van der Waals surface area (Å²) in [6.45, 7) is 0.490. The molecule has 2 aromatic rings. The van der Waals surface area contributed by atoms with E-state index in [0.29, 0.717) is 17.7 Å². The number of halogens is 4. The number of carbonyl (C=O) groups excluding carboxylic acids is 1. The van der Waals surface area contributed by atoms with Crippen molar-refractivity contribution in [2.75, 3.05) is 6.54 Å². The van der Waals surface area contributed by atoms with Crippen LogP contribution in [0.2, 0.25) is 0 Å². The summed E-state index contributed by atoms with van der Waals surface area (Å²) in [6, 6.07) is 10.9. The summed E-state index contributed by atoms with van der Waals surface area (Å²) < 4.78 is 51.8. The fraction of sp³-hybridized carbons (Fsp3) is 0.417. The summed E-state index contributed by atoms with van der Waals surface area (Å²) in [5.74, 6) is -0.403. The van der Waals surface area contributed by atoms with Crippen molar-refractivity contribution in [3.05, 3.63) is 71.0 Å². The van der Waals surface area contributed by atoms with Gasteiger partial charge in [-0.05, 0) is 48.2 Å². The third-order valence-corrected chi connectivity index (χ3v) is 6.01. The zero-order valence-corrected chi connectivity index (χ0v) is 17.4. The second kappa shape index (κ2) is 9.30. The van der Waals surface area contributed by atoms with Crippen LogP contribution in [0.25, 0.3) is 0 Å². The van der Waals surface area contributed by atoms with E-state index in [1.807, 2.05) is 0 Å². The van der Waals surface area contributed by atoms with Gasteiger partial charge in [-0.2, -0.15) is 13.2 Å². The minimum absolute atomic E-state index is 0.00114. The molecule has 0 radical (unpaired) electrons. The molecule has 0 aromatic heterocycles. The van der Waals surface area contributed by atoms with Gasteiger partial charge in [-0.15, -0.1) is 0 Å². The summed E-state index contributed by atoms with van der Waals surface area (Å²) in [6.07, 6.45) is -0.646. The Bertz CT molecular complexity index is 965. The molecule has 0 spiro atoms. The van der Waals surface area contributed by atoms with Crippen LogP contribution in [-0.4, -0.2) is 29.2 Å². The lowest BCUT2D eigenvalue weighted by Crippen LogP contribution is -2.40. The highest BCUT2D eigenvalue weighted by molar-refractivity contribution is 6.01. The van der Waals surface area contributed by atoms with Gasteiger partial charge in [0.05, 0.1) is 17.8 Å². The molecule has 0 saturated heterocycles. The quantitative estimate of drug-likeness (QED) is 0.544. The average molecular weight is 448 g/mol. The van der Waals surface area contributed by atoms with Crippen molar-refractivity contribution in [3.63, 3.8) is 0 Å². The fourth-order valence-electron chi connectivity index (χ4n) is 4.27. The molecule has 1 amide bonds. The van der Waals surface area contributed by atoms with Crippen LogP contribution in [0.3, 0.4) is 0 Å². The van der Waals surface area contributed by atoms with Gasteiger partial charge in [-0.25, -0.2) is 4.39 Å². The maximum absolute atomic E-state index is 13.2. The number of oxime groups is 1. The zero-order valence-electron chi connectivity index (χ0n) is 17.4. The molecule has 0 bridgehead atoms. The molecule has 170 valence electrons. The number of hydrogen-bond acceptors (Lipinski definition) is 3. The topological polar surface area (TPSA) is 41.9 Å². The van der Waals surface area contributed by atoms with Crippen molar-refractivity contribution in [3.8, 4) is 0 Å². The highest BCUT2D eigenvalue weighted by atomic mass is 19.4.